The molecule has 19 heavy (non-hydrogen) atoms. The van der Waals surface area contributed by atoms with Crippen LogP contribution in [0, 0.1) is 5.92 Å². The van der Waals surface area contributed by atoms with Crippen LogP contribution in [0.4, 0.5) is 0 Å². The van der Waals surface area contributed by atoms with E-state index in [1.165, 1.54) is 15.6 Å². The fourth-order valence-corrected chi connectivity index (χ4v) is 3.83. The van der Waals surface area contributed by atoms with Crippen LogP contribution in [0.1, 0.15) is 25.3 Å². The molecular formula is C16H19NOS. The highest BCUT2D eigenvalue weighted by Gasteiger charge is 2.25. The lowest BCUT2D eigenvalue weighted by atomic mass is 9.94. The van der Waals surface area contributed by atoms with Crippen LogP contribution >= 0.6 is 11.3 Å². The molecule has 0 radical (unpaired) electrons. The van der Waals surface area contributed by atoms with Gasteiger partial charge >= 0.3 is 0 Å². The maximum absolute atomic E-state index is 11.8. The molecular weight excluding hydrogens is 254 g/mol. The third-order valence-electron chi connectivity index (χ3n) is 4.06. The Morgan fingerprint density at radius 1 is 1.37 bits per heavy atom. The molecule has 1 atom stereocenters. The first-order valence-corrected chi connectivity index (χ1v) is 7.86. The molecule has 1 aliphatic heterocycles. The molecule has 100 valence electrons. The Morgan fingerprint density at radius 2 is 2.21 bits per heavy atom. The summed E-state index contributed by atoms with van der Waals surface area (Å²) in [6, 6.07) is 8.58. The Morgan fingerprint density at radius 3 is 3.05 bits per heavy atom. The van der Waals surface area contributed by atoms with Gasteiger partial charge in [0.15, 0.2) is 0 Å². The molecule has 1 aliphatic rings. The molecule has 2 nitrogen and oxygen atoms in total. The number of hydrogen-bond donors (Lipinski definition) is 0. The number of Topliss-reactive ketones (excluding diaryl/α,β-unsaturated/α-hetero) is 1. The lowest BCUT2D eigenvalue weighted by Gasteiger charge is -2.31. The topological polar surface area (TPSA) is 20.3 Å². The Kier molecular flexibility index (Phi) is 3.67. The van der Waals surface area contributed by atoms with Gasteiger partial charge in [0.2, 0.25) is 0 Å². The second-order valence-corrected chi connectivity index (χ2v) is 6.22. The van der Waals surface area contributed by atoms with Gasteiger partial charge in [-0.2, -0.15) is 0 Å². The summed E-state index contributed by atoms with van der Waals surface area (Å²) in [4.78, 5) is 14.2. The van der Waals surface area contributed by atoms with Crippen LogP contribution in [0.5, 0.6) is 0 Å². The van der Waals surface area contributed by atoms with Crippen molar-refractivity contribution >= 4 is 27.2 Å². The van der Waals surface area contributed by atoms with Gasteiger partial charge in [0, 0.05) is 36.7 Å². The van der Waals surface area contributed by atoms with E-state index in [0.717, 1.165) is 32.5 Å². The average Bonchev–Trinajstić information content (AvgIpc) is 2.84. The summed E-state index contributed by atoms with van der Waals surface area (Å²) in [5, 5.41) is 3.64. The molecule has 1 aromatic carbocycles. The SMILES string of the molecule is CCC1CN(Cc2csc3ccccc23)CCC1=O. The van der Waals surface area contributed by atoms with Crippen LogP contribution in [0.15, 0.2) is 29.6 Å². The number of piperidine rings is 1. The van der Waals surface area contributed by atoms with Crippen molar-refractivity contribution in [3.8, 4) is 0 Å². The van der Waals surface area contributed by atoms with E-state index in [2.05, 4.69) is 41.5 Å². The summed E-state index contributed by atoms with van der Waals surface area (Å²) in [6.07, 6.45) is 1.69. The largest absolute Gasteiger partial charge is 0.299 e. The van der Waals surface area contributed by atoms with Crippen LogP contribution in [-0.4, -0.2) is 23.8 Å². The molecule has 0 saturated carbocycles. The minimum atomic E-state index is 0.249. The second-order valence-electron chi connectivity index (χ2n) is 5.31. The number of ketones is 1. The molecule has 3 rings (SSSR count). The third-order valence-corrected chi connectivity index (χ3v) is 5.07. The summed E-state index contributed by atoms with van der Waals surface area (Å²) in [5.41, 5.74) is 1.41. The summed E-state index contributed by atoms with van der Waals surface area (Å²) >= 11 is 1.82. The fraction of sp³-hybridized carbons (Fsp3) is 0.438. The monoisotopic (exact) mass is 273 g/mol. The summed E-state index contributed by atoms with van der Waals surface area (Å²) < 4.78 is 1.36. The first kappa shape index (κ1) is 12.8. The Labute approximate surface area is 118 Å². The number of nitrogens with zero attached hydrogens (tertiary/aromatic N) is 1. The van der Waals surface area contributed by atoms with Crippen molar-refractivity contribution in [2.24, 2.45) is 5.92 Å². The molecule has 3 heteroatoms. The van der Waals surface area contributed by atoms with E-state index in [4.69, 9.17) is 0 Å². The van der Waals surface area contributed by atoms with Gasteiger partial charge in [-0.25, -0.2) is 0 Å². The molecule has 1 saturated heterocycles. The molecule has 0 amide bonds. The fourth-order valence-electron chi connectivity index (χ4n) is 2.87. The number of thiophene rings is 1. The highest BCUT2D eigenvalue weighted by molar-refractivity contribution is 7.17. The van der Waals surface area contributed by atoms with Gasteiger partial charge in [0.05, 0.1) is 0 Å². The Bertz CT molecular complexity index is 589. The molecule has 0 bridgehead atoms. The van der Waals surface area contributed by atoms with Gasteiger partial charge in [0.1, 0.15) is 5.78 Å². The molecule has 2 heterocycles. The highest BCUT2D eigenvalue weighted by atomic mass is 32.1. The molecule has 1 fully saturated rings. The predicted molar refractivity (Wildman–Crippen MR) is 80.5 cm³/mol. The van der Waals surface area contributed by atoms with E-state index in [0.29, 0.717) is 5.78 Å². The summed E-state index contributed by atoms with van der Waals surface area (Å²) in [6.45, 7) is 4.94. The van der Waals surface area contributed by atoms with Gasteiger partial charge in [-0.1, -0.05) is 25.1 Å². The predicted octanol–water partition coefficient (Wildman–Crippen LogP) is 3.70. The normalized spacial score (nSPS) is 21.1. The molecule has 0 N–H and O–H groups in total. The van der Waals surface area contributed by atoms with Crippen molar-refractivity contribution in [1.29, 1.82) is 0 Å². The molecule has 0 spiro atoms. The van der Waals surface area contributed by atoms with E-state index >= 15 is 0 Å². The van der Waals surface area contributed by atoms with Crippen molar-refractivity contribution in [1.82, 2.24) is 4.90 Å². The summed E-state index contributed by atoms with van der Waals surface area (Å²) in [5.74, 6) is 0.701. The van der Waals surface area contributed by atoms with Crippen LogP contribution < -0.4 is 0 Å². The van der Waals surface area contributed by atoms with E-state index in [-0.39, 0.29) is 5.92 Å². The number of hydrogen-bond acceptors (Lipinski definition) is 3. The zero-order valence-corrected chi connectivity index (χ0v) is 12.1. The first-order valence-electron chi connectivity index (χ1n) is 6.98. The lowest BCUT2D eigenvalue weighted by molar-refractivity contribution is -0.126. The van der Waals surface area contributed by atoms with Crippen molar-refractivity contribution in [3.05, 3.63) is 35.2 Å². The van der Waals surface area contributed by atoms with E-state index in [9.17, 15) is 4.79 Å². The van der Waals surface area contributed by atoms with Crippen molar-refractivity contribution in [2.75, 3.05) is 13.1 Å². The van der Waals surface area contributed by atoms with Crippen LogP contribution in [-0.2, 0) is 11.3 Å². The van der Waals surface area contributed by atoms with E-state index in [1.807, 2.05) is 11.3 Å². The smallest absolute Gasteiger partial charge is 0.138 e. The first-order chi connectivity index (χ1) is 9.28. The minimum absolute atomic E-state index is 0.249. The molecule has 0 aliphatic carbocycles. The molecule has 1 unspecified atom stereocenters. The number of likely N-dealkylation sites (tertiary alicyclic amines) is 1. The van der Waals surface area contributed by atoms with Crippen molar-refractivity contribution < 1.29 is 4.79 Å². The second kappa shape index (κ2) is 5.43. The number of benzene rings is 1. The maximum atomic E-state index is 11.8. The van der Waals surface area contributed by atoms with Gasteiger partial charge in [-0.05, 0) is 28.8 Å². The average molecular weight is 273 g/mol. The van der Waals surface area contributed by atoms with Crippen molar-refractivity contribution in [2.45, 2.75) is 26.3 Å². The zero-order chi connectivity index (χ0) is 13.2. The Hall–Kier alpha value is -1.19. The number of fused-ring (bicyclic) bond motifs is 1. The van der Waals surface area contributed by atoms with Crippen molar-refractivity contribution in [3.63, 3.8) is 0 Å². The standard InChI is InChI=1S/C16H19NOS/c1-2-12-9-17(8-7-15(12)18)10-13-11-19-16-6-4-3-5-14(13)16/h3-6,11-12H,2,7-10H2,1H3. The maximum Gasteiger partial charge on any atom is 0.138 e. The Balaban J connectivity index is 1.76. The molecule has 2 aromatic rings. The molecule has 1 aromatic heterocycles. The van der Waals surface area contributed by atoms with E-state index in [1.54, 1.807) is 0 Å². The third kappa shape index (κ3) is 2.58. The van der Waals surface area contributed by atoms with Crippen LogP contribution in [0.2, 0.25) is 0 Å². The van der Waals surface area contributed by atoms with Gasteiger partial charge < -0.3 is 0 Å². The van der Waals surface area contributed by atoms with E-state index < -0.39 is 0 Å². The lowest BCUT2D eigenvalue weighted by Crippen LogP contribution is -2.39. The summed E-state index contributed by atoms with van der Waals surface area (Å²) in [7, 11) is 0. The quantitative estimate of drug-likeness (QED) is 0.850. The van der Waals surface area contributed by atoms with Gasteiger partial charge in [0.25, 0.3) is 0 Å². The minimum Gasteiger partial charge on any atom is -0.299 e. The number of rotatable bonds is 3. The highest BCUT2D eigenvalue weighted by Crippen LogP contribution is 2.28. The van der Waals surface area contributed by atoms with Gasteiger partial charge in [-0.3, -0.25) is 9.69 Å². The van der Waals surface area contributed by atoms with Crippen LogP contribution in [0.3, 0.4) is 0 Å². The zero-order valence-electron chi connectivity index (χ0n) is 11.3. The number of carbonyl (C=O) groups excluding carboxylic acids is 1. The van der Waals surface area contributed by atoms with Gasteiger partial charge in [-0.15, -0.1) is 11.3 Å². The van der Waals surface area contributed by atoms with Crippen LogP contribution in [0.25, 0.3) is 10.1 Å². The number of carbonyl (C=O) groups is 1.